The Bertz CT molecular complexity index is 343. The van der Waals surface area contributed by atoms with Gasteiger partial charge in [0.25, 0.3) is 0 Å². The molecule has 0 amide bonds. The first-order valence-electron chi connectivity index (χ1n) is 11.6. The molecule has 0 saturated carbocycles. The average molecular weight is 569 g/mol. The van der Waals surface area contributed by atoms with Crippen LogP contribution >= 0.6 is 0 Å². The van der Waals surface area contributed by atoms with Gasteiger partial charge in [-0.15, -0.1) is 0 Å². The van der Waals surface area contributed by atoms with Gasteiger partial charge in [-0.25, -0.2) is 0 Å². The van der Waals surface area contributed by atoms with Crippen LogP contribution in [0.3, 0.4) is 0 Å². The van der Waals surface area contributed by atoms with Crippen LogP contribution in [0.2, 0.25) is 0 Å². The Hall–Kier alpha value is 0.604. The van der Waals surface area contributed by atoms with E-state index in [9.17, 15) is 0 Å². The highest BCUT2D eigenvalue weighted by atomic mass is 28.5. The van der Waals surface area contributed by atoms with Crippen molar-refractivity contribution in [1.29, 1.82) is 0 Å². The second-order valence-corrected chi connectivity index (χ2v) is 15.5. The summed E-state index contributed by atoms with van der Waals surface area (Å²) in [5.74, 6) is 0. The molecule has 200 valence electrons. The molecule has 0 heterocycles. The Labute approximate surface area is 207 Å². The summed E-state index contributed by atoms with van der Waals surface area (Å²) in [4.78, 5) is 0. The summed E-state index contributed by atoms with van der Waals surface area (Å²) in [5, 5.41) is 0. The second-order valence-electron chi connectivity index (χ2n) is 5.77. The van der Waals surface area contributed by atoms with Gasteiger partial charge in [-0.05, 0) is 55.4 Å². The summed E-state index contributed by atoms with van der Waals surface area (Å²) in [6.45, 7) is 17.9. The van der Waals surface area contributed by atoms with Crippen molar-refractivity contribution < 1.29 is 51.9 Å². The lowest BCUT2D eigenvalue weighted by Gasteiger charge is -2.36. The molecule has 0 bridgehead atoms. The van der Waals surface area contributed by atoms with E-state index in [0.29, 0.717) is 52.9 Å². The van der Waals surface area contributed by atoms with Crippen LogP contribution in [-0.4, -0.2) is 100 Å². The first-order chi connectivity index (χ1) is 16.0. The van der Waals surface area contributed by atoms with E-state index < -0.39 is 47.2 Å². The van der Waals surface area contributed by atoms with Crippen LogP contribution in [0.4, 0.5) is 0 Å². The van der Waals surface area contributed by atoms with Crippen molar-refractivity contribution in [3.05, 3.63) is 0 Å². The predicted octanol–water partition coefficient (Wildman–Crippen LogP) is 0.649. The summed E-state index contributed by atoms with van der Waals surface area (Å²) in [5.41, 5.74) is 0. The molecule has 0 unspecified atom stereocenters. The zero-order valence-corrected chi connectivity index (χ0v) is 27.0. The Morgan fingerprint density at radius 3 is 0.606 bits per heavy atom. The summed E-state index contributed by atoms with van der Waals surface area (Å²) < 4.78 is 71.0. The Balaban J connectivity index is 6.26. The predicted molar refractivity (Wildman–Crippen MR) is 132 cm³/mol. The number of hydrogen-bond donors (Lipinski definition) is 0. The molecule has 0 atom stereocenters. The molecule has 0 aliphatic carbocycles. The Morgan fingerprint density at radius 1 is 0.333 bits per heavy atom. The molecule has 0 aliphatic heterocycles. The van der Waals surface area contributed by atoms with Crippen LogP contribution in [0, 0.1) is 0 Å². The van der Waals surface area contributed by atoms with Crippen LogP contribution in [0.5, 0.6) is 0 Å². The van der Waals surface area contributed by atoms with Crippen molar-refractivity contribution in [2.24, 2.45) is 0 Å². The maximum atomic E-state index is 6.28. The fraction of sp³-hybridized carbons (Fsp3) is 1.00. The van der Waals surface area contributed by atoms with Gasteiger partial charge < -0.3 is 51.9 Å². The third-order valence-corrected chi connectivity index (χ3v) is 15.9. The lowest BCUT2D eigenvalue weighted by atomic mass is 10.9. The SMILES string of the molecule is CCO[SiH](OCC)O[Si](O[SiH](OCC)OCC)(O[SiH](OCC)OCC)O[SiH](OCC)OCC. The summed E-state index contributed by atoms with van der Waals surface area (Å²) in [6, 6.07) is 0. The molecule has 0 saturated heterocycles. The van der Waals surface area contributed by atoms with E-state index in [1.165, 1.54) is 0 Å². The van der Waals surface area contributed by atoms with E-state index in [4.69, 9.17) is 51.9 Å². The highest BCUT2D eigenvalue weighted by molar-refractivity contribution is 6.75. The molecular formula is C16H44O12Si5. The molecule has 33 heavy (non-hydrogen) atoms. The second kappa shape index (κ2) is 21.9. The van der Waals surface area contributed by atoms with Gasteiger partial charge in [0, 0.05) is 52.9 Å². The first-order valence-corrected chi connectivity index (χ1v) is 18.9. The zero-order chi connectivity index (χ0) is 25.0. The van der Waals surface area contributed by atoms with Crippen molar-refractivity contribution in [2.75, 3.05) is 52.9 Å². The van der Waals surface area contributed by atoms with Gasteiger partial charge in [0.05, 0.1) is 0 Å². The molecule has 0 aromatic rings. The van der Waals surface area contributed by atoms with Gasteiger partial charge >= 0.3 is 47.2 Å². The third-order valence-electron chi connectivity index (χ3n) is 3.38. The normalized spacial score (nSPS) is 12.7. The minimum atomic E-state index is -4.10. The van der Waals surface area contributed by atoms with Crippen molar-refractivity contribution in [3.8, 4) is 0 Å². The molecule has 0 rings (SSSR count). The van der Waals surface area contributed by atoms with Gasteiger partial charge in [0.15, 0.2) is 0 Å². The molecule has 0 fully saturated rings. The van der Waals surface area contributed by atoms with E-state index in [0.717, 1.165) is 0 Å². The van der Waals surface area contributed by atoms with Gasteiger partial charge in [0.2, 0.25) is 0 Å². The molecule has 17 heteroatoms. The molecule has 0 N–H and O–H groups in total. The van der Waals surface area contributed by atoms with Gasteiger partial charge in [-0.1, -0.05) is 0 Å². The molecule has 0 radical (unpaired) electrons. The Kier molecular flexibility index (Phi) is 22.3. The summed E-state index contributed by atoms with van der Waals surface area (Å²) in [6.07, 6.45) is 0. The maximum Gasteiger partial charge on any atom is 0.649 e. The molecule has 12 nitrogen and oxygen atoms in total. The highest BCUT2D eigenvalue weighted by Gasteiger charge is 2.56. The highest BCUT2D eigenvalue weighted by Crippen LogP contribution is 2.21. The fourth-order valence-electron chi connectivity index (χ4n) is 2.19. The van der Waals surface area contributed by atoms with Gasteiger partial charge in [0.1, 0.15) is 0 Å². The Morgan fingerprint density at radius 2 is 0.485 bits per heavy atom. The summed E-state index contributed by atoms with van der Waals surface area (Å²) in [7, 11) is -15.0. The molecule has 0 aromatic carbocycles. The quantitative estimate of drug-likeness (QED) is 0.152. The first kappa shape index (κ1) is 33.6. The van der Waals surface area contributed by atoms with E-state index in [2.05, 4.69) is 0 Å². The van der Waals surface area contributed by atoms with Crippen LogP contribution in [0.1, 0.15) is 55.4 Å². The van der Waals surface area contributed by atoms with E-state index in [-0.39, 0.29) is 0 Å². The topological polar surface area (TPSA) is 111 Å². The summed E-state index contributed by atoms with van der Waals surface area (Å²) >= 11 is 0. The number of rotatable bonds is 24. The van der Waals surface area contributed by atoms with E-state index >= 15 is 0 Å². The van der Waals surface area contributed by atoms with Crippen LogP contribution < -0.4 is 0 Å². The maximum absolute atomic E-state index is 6.28. The van der Waals surface area contributed by atoms with Gasteiger partial charge in [-0.3, -0.25) is 0 Å². The largest absolute Gasteiger partial charge is 0.649 e. The average Bonchev–Trinajstić information content (AvgIpc) is 2.75. The monoisotopic (exact) mass is 568 g/mol. The van der Waals surface area contributed by atoms with Crippen molar-refractivity contribution in [2.45, 2.75) is 55.4 Å². The lowest BCUT2D eigenvalue weighted by molar-refractivity contribution is 0.0152. The minimum Gasteiger partial charge on any atom is -0.377 e. The zero-order valence-electron chi connectivity index (χ0n) is 21.4. The fourth-order valence-corrected chi connectivity index (χ4v) is 15.0. The van der Waals surface area contributed by atoms with Crippen molar-refractivity contribution in [3.63, 3.8) is 0 Å². The van der Waals surface area contributed by atoms with Crippen LogP contribution in [-0.2, 0) is 51.9 Å². The molecule has 0 spiro atoms. The van der Waals surface area contributed by atoms with E-state index in [1.807, 2.05) is 55.4 Å². The van der Waals surface area contributed by atoms with Gasteiger partial charge in [-0.2, -0.15) is 0 Å². The van der Waals surface area contributed by atoms with Crippen LogP contribution in [0.15, 0.2) is 0 Å². The van der Waals surface area contributed by atoms with Crippen molar-refractivity contribution in [1.82, 2.24) is 0 Å². The standard InChI is InChI=1S/C16H44O12Si5/c1-9-17-29(18-10-2)25-33(26-30(19-11-3)20-12-4,27-31(21-13-5)22-14-6)28-32(23-15-7)24-16-8/h29-32H,9-16H2,1-8H3. The third kappa shape index (κ3) is 15.3. The van der Waals surface area contributed by atoms with E-state index in [1.54, 1.807) is 0 Å². The lowest BCUT2D eigenvalue weighted by Crippen LogP contribution is -2.63. The smallest absolute Gasteiger partial charge is 0.377 e. The van der Waals surface area contributed by atoms with Crippen molar-refractivity contribution >= 4 is 47.2 Å². The molecule has 0 aliphatic rings. The molecular weight excluding hydrogens is 525 g/mol. The number of hydrogen-bond acceptors (Lipinski definition) is 12. The molecule has 0 aromatic heterocycles. The van der Waals surface area contributed by atoms with Crippen LogP contribution in [0.25, 0.3) is 0 Å². The minimum absolute atomic E-state index is 0.384.